The van der Waals surface area contributed by atoms with Crippen molar-refractivity contribution >= 4 is 33.1 Å². The van der Waals surface area contributed by atoms with Gasteiger partial charge < -0.3 is 10.4 Å². The summed E-state index contributed by atoms with van der Waals surface area (Å²) in [5, 5.41) is 13.2. The van der Waals surface area contributed by atoms with Crippen LogP contribution in [0.3, 0.4) is 0 Å². The predicted molar refractivity (Wildman–Crippen MR) is 85.8 cm³/mol. The van der Waals surface area contributed by atoms with Gasteiger partial charge in [-0.2, -0.15) is 0 Å². The van der Waals surface area contributed by atoms with E-state index >= 15 is 0 Å². The van der Waals surface area contributed by atoms with Crippen molar-refractivity contribution in [2.45, 2.75) is 13.8 Å². The number of nitrogens with one attached hydrogen (secondary N) is 1. The highest BCUT2D eigenvalue weighted by Crippen LogP contribution is 2.33. The van der Waals surface area contributed by atoms with E-state index in [-0.39, 0.29) is 11.7 Å². The van der Waals surface area contributed by atoms with Gasteiger partial charge in [0.05, 0.1) is 10.2 Å². The van der Waals surface area contributed by atoms with Crippen LogP contribution in [0.5, 0.6) is 5.75 Å². The molecule has 1 aromatic heterocycles. The van der Waals surface area contributed by atoms with Gasteiger partial charge in [-0.25, -0.2) is 4.98 Å². The number of carbonyl (C=O) groups is 1. The average molecular weight is 298 g/mol. The van der Waals surface area contributed by atoms with Crippen LogP contribution >= 0.6 is 11.3 Å². The van der Waals surface area contributed by atoms with Crippen LogP contribution in [0.25, 0.3) is 20.8 Å². The highest BCUT2D eigenvalue weighted by Gasteiger charge is 2.09. The van der Waals surface area contributed by atoms with Crippen LogP contribution in [-0.2, 0) is 4.79 Å². The zero-order valence-electron chi connectivity index (χ0n) is 11.7. The molecule has 3 aromatic rings. The zero-order chi connectivity index (χ0) is 15.0. The number of benzene rings is 2. The second-order valence-electron chi connectivity index (χ2n) is 4.88. The van der Waals surface area contributed by atoms with E-state index in [2.05, 4.69) is 10.3 Å². The number of hydrogen-bond acceptors (Lipinski definition) is 4. The Labute approximate surface area is 126 Å². The van der Waals surface area contributed by atoms with Gasteiger partial charge in [-0.05, 0) is 48.9 Å². The Hall–Kier alpha value is -2.40. The molecule has 106 valence electrons. The average Bonchev–Trinajstić information content (AvgIpc) is 2.83. The maximum Gasteiger partial charge on any atom is 0.221 e. The van der Waals surface area contributed by atoms with Crippen molar-refractivity contribution in [1.82, 2.24) is 4.98 Å². The molecule has 0 aliphatic carbocycles. The maximum atomic E-state index is 11.1. The number of carbonyl (C=O) groups excluding carboxylic acids is 1. The molecule has 1 amide bonds. The molecule has 5 heteroatoms. The Morgan fingerprint density at radius 1 is 1.24 bits per heavy atom. The highest BCUT2D eigenvalue weighted by atomic mass is 32.1. The van der Waals surface area contributed by atoms with Crippen molar-refractivity contribution in [2.75, 3.05) is 5.32 Å². The summed E-state index contributed by atoms with van der Waals surface area (Å²) in [6, 6.07) is 11.0. The number of thiazole rings is 1. The number of aromatic hydroxyl groups is 1. The summed E-state index contributed by atoms with van der Waals surface area (Å²) in [7, 11) is 0. The van der Waals surface area contributed by atoms with Crippen LogP contribution in [0, 0.1) is 6.92 Å². The number of anilines is 1. The molecule has 0 aliphatic heterocycles. The lowest BCUT2D eigenvalue weighted by molar-refractivity contribution is -0.114. The number of phenolic OH excluding ortho intramolecular Hbond substituents is 1. The van der Waals surface area contributed by atoms with Crippen molar-refractivity contribution in [1.29, 1.82) is 0 Å². The molecular weight excluding hydrogens is 284 g/mol. The second kappa shape index (κ2) is 5.18. The van der Waals surface area contributed by atoms with E-state index < -0.39 is 0 Å². The largest absolute Gasteiger partial charge is 0.508 e. The molecule has 2 aromatic carbocycles. The van der Waals surface area contributed by atoms with E-state index in [1.54, 1.807) is 12.1 Å². The summed E-state index contributed by atoms with van der Waals surface area (Å²) in [4.78, 5) is 15.7. The number of hydrogen-bond donors (Lipinski definition) is 2. The second-order valence-corrected chi connectivity index (χ2v) is 5.91. The zero-order valence-corrected chi connectivity index (χ0v) is 12.5. The number of aryl methyl sites for hydroxylation is 1. The van der Waals surface area contributed by atoms with Crippen LogP contribution < -0.4 is 5.32 Å². The lowest BCUT2D eigenvalue weighted by atomic mass is 10.1. The number of nitrogens with zero attached hydrogens (tertiary/aromatic N) is 1. The minimum Gasteiger partial charge on any atom is -0.508 e. The summed E-state index contributed by atoms with van der Waals surface area (Å²) in [6.07, 6.45) is 0. The van der Waals surface area contributed by atoms with Gasteiger partial charge in [0.25, 0.3) is 0 Å². The summed E-state index contributed by atoms with van der Waals surface area (Å²) < 4.78 is 0.952. The summed E-state index contributed by atoms with van der Waals surface area (Å²) in [6.45, 7) is 3.45. The minimum atomic E-state index is -0.0821. The van der Waals surface area contributed by atoms with E-state index in [0.717, 1.165) is 32.0 Å². The Morgan fingerprint density at radius 2 is 2.05 bits per heavy atom. The lowest BCUT2D eigenvalue weighted by Gasteiger charge is -2.07. The third kappa shape index (κ3) is 2.73. The van der Waals surface area contributed by atoms with Crippen LogP contribution in [0.15, 0.2) is 36.4 Å². The molecule has 0 unspecified atom stereocenters. The summed E-state index contributed by atoms with van der Waals surface area (Å²) in [5.74, 6) is 0.163. The van der Waals surface area contributed by atoms with E-state index in [0.29, 0.717) is 0 Å². The van der Waals surface area contributed by atoms with Crippen molar-refractivity contribution in [3.05, 3.63) is 42.0 Å². The van der Waals surface area contributed by atoms with Crippen molar-refractivity contribution in [3.8, 4) is 16.3 Å². The third-order valence-electron chi connectivity index (χ3n) is 3.16. The molecule has 0 spiro atoms. The number of phenols is 1. The van der Waals surface area contributed by atoms with Gasteiger partial charge in [-0.1, -0.05) is 0 Å². The molecule has 0 radical (unpaired) electrons. The van der Waals surface area contributed by atoms with Gasteiger partial charge in [0.2, 0.25) is 5.91 Å². The van der Waals surface area contributed by atoms with Gasteiger partial charge in [0.15, 0.2) is 0 Å². The van der Waals surface area contributed by atoms with Crippen molar-refractivity contribution in [2.24, 2.45) is 0 Å². The fourth-order valence-corrected chi connectivity index (χ4v) is 3.16. The molecule has 0 atom stereocenters. The maximum absolute atomic E-state index is 11.1. The Kier molecular flexibility index (Phi) is 3.35. The lowest BCUT2D eigenvalue weighted by Crippen LogP contribution is -2.06. The van der Waals surface area contributed by atoms with Crippen LogP contribution in [-0.4, -0.2) is 16.0 Å². The smallest absolute Gasteiger partial charge is 0.221 e. The van der Waals surface area contributed by atoms with Gasteiger partial charge in [0, 0.05) is 18.2 Å². The SMILES string of the molecule is CC(=O)Nc1ccc(-c2nc3ccc(O)cc3s2)cc1C. The highest BCUT2D eigenvalue weighted by molar-refractivity contribution is 7.21. The van der Waals surface area contributed by atoms with Crippen LogP contribution in [0.1, 0.15) is 12.5 Å². The molecule has 0 saturated heterocycles. The van der Waals surface area contributed by atoms with E-state index in [9.17, 15) is 9.90 Å². The van der Waals surface area contributed by atoms with Crippen molar-refractivity contribution < 1.29 is 9.90 Å². The molecular formula is C16H14N2O2S. The molecule has 2 N–H and O–H groups in total. The number of fused-ring (bicyclic) bond motifs is 1. The first-order chi connectivity index (χ1) is 10.0. The van der Waals surface area contributed by atoms with Gasteiger partial charge >= 0.3 is 0 Å². The Balaban J connectivity index is 2.02. The molecule has 0 saturated carbocycles. The summed E-state index contributed by atoms with van der Waals surface area (Å²) in [5.41, 5.74) is 3.67. The molecule has 0 bridgehead atoms. The third-order valence-corrected chi connectivity index (χ3v) is 4.22. The fourth-order valence-electron chi connectivity index (χ4n) is 2.16. The molecule has 3 rings (SSSR count). The topological polar surface area (TPSA) is 62.2 Å². The number of rotatable bonds is 2. The predicted octanol–water partition coefficient (Wildman–Crippen LogP) is 3.94. The van der Waals surface area contributed by atoms with Crippen LogP contribution in [0.4, 0.5) is 5.69 Å². The first kappa shape index (κ1) is 13.6. The van der Waals surface area contributed by atoms with Gasteiger partial charge in [0.1, 0.15) is 10.8 Å². The van der Waals surface area contributed by atoms with Crippen molar-refractivity contribution in [3.63, 3.8) is 0 Å². The first-order valence-corrected chi connectivity index (χ1v) is 7.33. The quantitative estimate of drug-likeness (QED) is 0.753. The monoisotopic (exact) mass is 298 g/mol. The number of amides is 1. The van der Waals surface area contributed by atoms with E-state index in [1.165, 1.54) is 18.3 Å². The molecule has 0 aliphatic rings. The van der Waals surface area contributed by atoms with Gasteiger partial charge in [-0.3, -0.25) is 4.79 Å². The normalized spacial score (nSPS) is 10.8. The Bertz CT molecular complexity index is 839. The van der Waals surface area contributed by atoms with Gasteiger partial charge in [-0.15, -0.1) is 11.3 Å². The molecule has 4 nitrogen and oxygen atoms in total. The first-order valence-electron chi connectivity index (χ1n) is 6.51. The van der Waals surface area contributed by atoms with E-state index in [1.807, 2.05) is 31.2 Å². The standard InChI is InChI=1S/C16H14N2O2S/c1-9-7-11(3-5-13(9)17-10(2)19)16-18-14-6-4-12(20)8-15(14)21-16/h3-8,20H,1-2H3,(H,17,19). The summed E-state index contributed by atoms with van der Waals surface area (Å²) >= 11 is 1.53. The molecule has 0 fully saturated rings. The molecule has 1 heterocycles. The Morgan fingerprint density at radius 3 is 2.76 bits per heavy atom. The van der Waals surface area contributed by atoms with E-state index in [4.69, 9.17) is 0 Å². The molecule has 21 heavy (non-hydrogen) atoms. The number of aromatic nitrogens is 1. The minimum absolute atomic E-state index is 0.0821. The fraction of sp³-hybridized carbons (Fsp3) is 0.125. The van der Waals surface area contributed by atoms with Crippen LogP contribution in [0.2, 0.25) is 0 Å².